The number of hydrogen-bond acceptors (Lipinski definition) is 5. The molecule has 0 radical (unpaired) electrons. The van der Waals surface area contributed by atoms with E-state index in [2.05, 4.69) is 60.2 Å². The van der Waals surface area contributed by atoms with Crippen molar-refractivity contribution in [2.24, 2.45) is 0 Å². The lowest BCUT2D eigenvalue weighted by Gasteiger charge is -2.34. The standard InChI is InChI=1S/C19H27N5/c1-5-16-8-6-7-9-24(16)19-22-17(12-20-23-19)21-18-14(3)10-13(2)11-15(18)4/h10-12,16H,5-9H2,1-4H3,(H,21,22,23). The third-order valence-electron chi connectivity index (χ3n) is 4.83. The summed E-state index contributed by atoms with van der Waals surface area (Å²) in [7, 11) is 0. The summed E-state index contributed by atoms with van der Waals surface area (Å²) in [5.41, 5.74) is 4.82. The highest BCUT2D eigenvalue weighted by Gasteiger charge is 2.23. The van der Waals surface area contributed by atoms with E-state index in [-0.39, 0.29) is 0 Å². The lowest BCUT2D eigenvalue weighted by atomic mass is 10.0. The van der Waals surface area contributed by atoms with Gasteiger partial charge in [-0.2, -0.15) is 10.1 Å². The maximum atomic E-state index is 4.74. The van der Waals surface area contributed by atoms with Gasteiger partial charge in [-0.3, -0.25) is 0 Å². The summed E-state index contributed by atoms with van der Waals surface area (Å²) in [5.74, 6) is 1.50. The number of nitrogens with one attached hydrogen (secondary N) is 1. The van der Waals surface area contributed by atoms with Gasteiger partial charge in [-0.15, -0.1) is 5.10 Å². The van der Waals surface area contributed by atoms with Gasteiger partial charge < -0.3 is 10.2 Å². The first-order chi connectivity index (χ1) is 11.6. The van der Waals surface area contributed by atoms with Gasteiger partial charge in [0.15, 0.2) is 5.82 Å². The van der Waals surface area contributed by atoms with Crippen molar-refractivity contribution in [1.82, 2.24) is 15.2 Å². The van der Waals surface area contributed by atoms with Crippen LogP contribution in [0.3, 0.4) is 0 Å². The first-order valence-corrected chi connectivity index (χ1v) is 8.89. The van der Waals surface area contributed by atoms with Gasteiger partial charge in [0.25, 0.3) is 0 Å². The number of benzene rings is 1. The number of rotatable bonds is 4. The molecule has 0 saturated carbocycles. The van der Waals surface area contributed by atoms with Gasteiger partial charge in [0.05, 0.1) is 6.20 Å². The Kier molecular flexibility index (Phi) is 4.97. The van der Waals surface area contributed by atoms with Crippen LogP contribution in [-0.4, -0.2) is 27.8 Å². The second kappa shape index (κ2) is 7.16. The van der Waals surface area contributed by atoms with Gasteiger partial charge in [0, 0.05) is 18.3 Å². The normalized spacial score (nSPS) is 17.8. The molecule has 2 heterocycles. The van der Waals surface area contributed by atoms with Crippen LogP contribution >= 0.6 is 0 Å². The predicted molar refractivity (Wildman–Crippen MR) is 99.0 cm³/mol. The Morgan fingerprint density at radius 1 is 1.17 bits per heavy atom. The molecule has 5 heteroatoms. The summed E-state index contributed by atoms with van der Waals surface area (Å²) in [6.45, 7) is 9.62. The molecule has 0 amide bonds. The van der Waals surface area contributed by atoms with Gasteiger partial charge in [-0.25, -0.2) is 0 Å². The van der Waals surface area contributed by atoms with Gasteiger partial charge in [-0.1, -0.05) is 24.6 Å². The molecule has 0 spiro atoms. The smallest absolute Gasteiger partial charge is 0.247 e. The lowest BCUT2D eigenvalue weighted by Crippen LogP contribution is -2.40. The second-order valence-electron chi connectivity index (χ2n) is 6.79. The fraction of sp³-hybridized carbons (Fsp3) is 0.526. The van der Waals surface area contributed by atoms with Crippen molar-refractivity contribution in [3.8, 4) is 0 Å². The molecule has 1 atom stereocenters. The number of nitrogens with zero attached hydrogens (tertiary/aromatic N) is 4. The third kappa shape index (κ3) is 3.50. The van der Waals surface area contributed by atoms with Crippen molar-refractivity contribution in [2.45, 2.75) is 59.4 Å². The summed E-state index contributed by atoms with van der Waals surface area (Å²) in [4.78, 5) is 7.05. The summed E-state index contributed by atoms with van der Waals surface area (Å²) < 4.78 is 0. The molecular formula is C19H27N5. The highest BCUT2D eigenvalue weighted by Crippen LogP contribution is 2.27. The molecule has 5 nitrogen and oxygen atoms in total. The van der Waals surface area contributed by atoms with E-state index in [1.165, 1.54) is 36.0 Å². The largest absolute Gasteiger partial charge is 0.338 e. The van der Waals surface area contributed by atoms with Crippen molar-refractivity contribution < 1.29 is 0 Å². The fourth-order valence-electron chi connectivity index (χ4n) is 3.67. The lowest BCUT2D eigenvalue weighted by molar-refractivity contribution is 0.442. The SMILES string of the molecule is CCC1CCCCN1c1nncc(Nc2c(C)cc(C)cc2C)n1. The Morgan fingerprint density at radius 2 is 1.92 bits per heavy atom. The van der Waals surface area contributed by atoms with E-state index in [0.717, 1.165) is 30.4 Å². The van der Waals surface area contributed by atoms with Crippen LogP contribution in [0.1, 0.15) is 49.3 Å². The monoisotopic (exact) mass is 325 g/mol. The molecule has 2 aromatic rings. The van der Waals surface area contributed by atoms with Crippen LogP contribution in [0, 0.1) is 20.8 Å². The van der Waals surface area contributed by atoms with Crippen LogP contribution in [0.5, 0.6) is 0 Å². The molecule has 1 aliphatic heterocycles. The maximum Gasteiger partial charge on any atom is 0.247 e. The Bertz CT molecular complexity index is 690. The molecule has 1 aromatic carbocycles. The fourth-order valence-corrected chi connectivity index (χ4v) is 3.67. The van der Waals surface area contributed by atoms with E-state index in [9.17, 15) is 0 Å². The quantitative estimate of drug-likeness (QED) is 0.908. The highest BCUT2D eigenvalue weighted by atomic mass is 15.3. The molecule has 0 aliphatic carbocycles. The van der Waals surface area contributed by atoms with E-state index in [1.807, 2.05) is 0 Å². The summed E-state index contributed by atoms with van der Waals surface area (Å²) in [6, 6.07) is 4.89. The topological polar surface area (TPSA) is 53.9 Å². The maximum absolute atomic E-state index is 4.74. The van der Waals surface area contributed by atoms with Crippen LogP contribution in [0.25, 0.3) is 0 Å². The van der Waals surface area contributed by atoms with Crippen molar-refractivity contribution >= 4 is 17.5 Å². The summed E-state index contributed by atoms with van der Waals surface area (Å²) >= 11 is 0. The zero-order chi connectivity index (χ0) is 17.1. The highest BCUT2D eigenvalue weighted by molar-refractivity contribution is 5.65. The van der Waals surface area contributed by atoms with Gasteiger partial charge >= 0.3 is 0 Å². The van der Waals surface area contributed by atoms with Crippen LogP contribution in [0.4, 0.5) is 17.5 Å². The molecule has 1 unspecified atom stereocenters. The van der Waals surface area contributed by atoms with Crippen LogP contribution in [0.15, 0.2) is 18.3 Å². The van der Waals surface area contributed by atoms with Crippen molar-refractivity contribution in [1.29, 1.82) is 0 Å². The Morgan fingerprint density at radius 3 is 2.62 bits per heavy atom. The van der Waals surface area contributed by atoms with Crippen LogP contribution in [0.2, 0.25) is 0 Å². The summed E-state index contributed by atoms with van der Waals surface area (Å²) in [6.07, 6.45) is 6.54. The Balaban J connectivity index is 1.86. The molecule has 1 fully saturated rings. The first-order valence-electron chi connectivity index (χ1n) is 8.89. The van der Waals surface area contributed by atoms with Crippen LogP contribution in [-0.2, 0) is 0 Å². The van der Waals surface area contributed by atoms with Crippen LogP contribution < -0.4 is 10.2 Å². The predicted octanol–water partition coefficient (Wildman–Crippen LogP) is 4.31. The minimum atomic E-state index is 0.527. The van der Waals surface area contributed by atoms with Gasteiger partial charge in [0.1, 0.15) is 0 Å². The minimum absolute atomic E-state index is 0.527. The molecule has 0 bridgehead atoms. The molecule has 1 aromatic heterocycles. The Hall–Kier alpha value is -2.17. The molecule has 24 heavy (non-hydrogen) atoms. The number of aromatic nitrogens is 3. The average Bonchev–Trinajstić information content (AvgIpc) is 2.58. The van der Waals surface area contributed by atoms with Crippen molar-refractivity contribution in [3.63, 3.8) is 0 Å². The first kappa shape index (κ1) is 16.7. The van der Waals surface area contributed by atoms with Gasteiger partial charge in [-0.05, 0) is 57.6 Å². The number of anilines is 3. The van der Waals surface area contributed by atoms with E-state index in [0.29, 0.717) is 6.04 Å². The molecule has 1 aliphatic rings. The molecule has 3 rings (SSSR count). The number of aryl methyl sites for hydroxylation is 3. The molecule has 1 N–H and O–H groups in total. The van der Waals surface area contributed by atoms with Crippen molar-refractivity contribution in [2.75, 3.05) is 16.8 Å². The zero-order valence-corrected chi connectivity index (χ0v) is 15.1. The minimum Gasteiger partial charge on any atom is -0.338 e. The third-order valence-corrected chi connectivity index (χ3v) is 4.83. The number of hydrogen-bond donors (Lipinski definition) is 1. The van der Waals surface area contributed by atoms with E-state index in [4.69, 9.17) is 4.98 Å². The van der Waals surface area contributed by atoms with Crippen molar-refractivity contribution in [3.05, 3.63) is 35.0 Å². The van der Waals surface area contributed by atoms with E-state index < -0.39 is 0 Å². The van der Waals surface area contributed by atoms with E-state index in [1.54, 1.807) is 6.20 Å². The van der Waals surface area contributed by atoms with E-state index >= 15 is 0 Å². The molecule has 1 saturated heterocycles. The summed E-state index contributed by atoms with van der Waals surface area (Å²) in [5, 5.41) is 11.9. The zero-order valence-electron chi connectivity index (χ0n) is 15.1. The van der Waals surface area contributed by atoms with Gasteiger partial charge in [0.2, 0.25) is 5.95 Å². The molecular weight excluding hydrogens is 298 g/mol. The average molecular weight is 325 g/mol. The molecule has 128 valence electrons. The Labute approximate surface area is 144 Å². The second-order valence-corrected chi connectivity index (χ2v) is 6.79. The number of piperidine rings is 1.